The minimum absolute atomic E-state index is 0.0661. The van der Waals surface area contributed by atoms with Crippen LogP contribution < -0.4 is 10.6 Å². The Balaban J connectivity index is 1.44. The van der Waals surface area contributed by atoms with Gasteiger partial charge in [-0.3, -0.25) is 4.90 Å². The van der Waals surface area contributed by atoms with Gasteiger partial charge in [-0.1, -0.05) is 23.7 Å². The Morgan fingerprint density at radius 2 is 2.19 bits per heavy atom. The second-order valence-corrected chi connectivity index (χ2v) is 5.94. The maximum Gasteiger partial charge on any atom is 0.319 e. The zero-order valence-electron chi connectivity index (χ0n) is 11.8. The van der Waals surface area contributed by atoms with E-state index in [1.807, 2.05) is 12.1 Å². The van der Waals surface area contributed by atoms with Crippen LogP contribution in [0, 0.1) is 0 Å². The van der Waals surface area contributed by atoms with E-state index in [1.165, 1.54) is 12.8 Å². The Labute approximate surface area is 129 Å². The summed E-state index contributed by atoms with van der Waals surface area (Å²) in [4.78, 5) is 14.3. The molecule has 0 spiro atoms. The third-order valence-corrected chi connectivity index (χ3v) is 4.18. The summed E-state index contributed by atoms with van der Waals surface area (Å²) in [6.07, 6.45) is 2.66. The standard InChI is InChI=1S/C15H20ClN3O2/c16-13-3-1-2-4-14(13)18-15(20)17-9-12-10-19(7-8-21-12)11-5-6-11/h1-4,11-12H,5-10H2,(H2,17,18,20)/t12-/m1/s1. The molecule has 0 unspecified atom stereocenters. The lowest BCUT2D eigenvalue weighted by Crippen LogP contribution is -2.48. The first-order valence-corrected chi connectivity index (χ1v) is 7.75. The number of ether oxygens (including phenoxy) is 1. The highest BCUT2D eigenvalue weighted by molar-refractivity contribution is 6.33. The van der Waals surface area contributed by atoms with E-state index in [2.05, 4.69) is 15.5 Å². The predicted octanol–water partition coefficient (Wildman–Crippen LogP) is 2.32. The van der Waals surface area contributed by atoms with Gasteiger partial charge in [-0.25, -0.2) is 4.79 Å². The van der Waals surface area contributed by atoms with Crippen LogP contribution in [0.25, 0.3) is 0 Å². The second-order valence-electron chi connectivity index (χ2n) is 5.53. The van der Waals surface area contributed by atoms with E-state index >= 15 is 0 Å². The Morgan fingerprint density at radius 3 is 2.95 bits per heavy atom. The van der Waals surface area contributed by atoms with Crippen LogP contribution in [0.1, 0.15) is 12.8 Å². The summed E-state index contributed by atoms with van der Waals surface area (Å²) in [5.41, 5.74) is 0.612. The molecule has 2 aliphatic rings. The van der Waals surface area contributed by atoms with Crippen molar-refractivity contribution in [3.63, 3.8) is 0 Å². The number of amides is 2. The van der Waals surface area contributed by atoms with Crippen LogP contribution in [0.2, 0.25) is 5.02 Å². The highest BCUT2D eigenvalue weighted by atomic mass is 35.5. The number of carbonyl (C=O) groups is 1. The van der Waals surface area contributed by atoms with E-state index in [9.17, 15) is 4.79 Å². The summed E-state index contributed by atoms with van der Waals surface area (Å²) in [6.45, 7) is 3.17. The van der Waals surface area contributed by atoms with Crippen molar-refractivity contribution in [2.24, 2.45) is 0 Å². The molecule has 2 amide bonds. The molecule has 1 aliphatic heterocycles. The smallest absolute Gasteiger partial charge is 0.319 e. The predicted molar refractivity (Wildman–Crippen MR) is 82.8 cm³/mol. The van der Waals surface area contributed by atoms with Gasteiger partial charge in [0.2, 0.25) is 0 Å². The zero-order valence-corrected chi connectivity index (χ0v) is 12.6. The average molecular weight is 310 g/mol. The van der Waals surface area contributed by atoms with E-state index in [-0.39, 0.29) is 12.1 Å². The molecule has 0 bridgehead atoms. The topological polar surface area (TPSA) is 53.6 Å². The monoisotopic (exact) mass is 309 g/mol. The Hall–Kier alpha value is -1.30. The van der Waals surface area contributed by atoms with Crippen molar-refractivity contribution < 1.29 is 9.53 Å². The lowest BCUT2D eigenvalue weighted by atomic mass is 10.2. The summed E-state index contributed by atoms with van der Waals surface area (Å²) >= 11 is 6.00. The van der Waals surface area contributed by atoms with Crippen LogP contribution in [0.4, 0.5) is 10.5 Å². The molecule has 1 atom stereocenters. The van der Waals surface area contributed by atoms with Crippen molar-refractivity contribution in [2.45, 2.75) is 25.0 Å². The highest BCUT2D eigenvalue weighted by Crippen LogP contribution is 2.28. The summed E-state index contributed by atoms with van der Waals surface area (Å²) in [6, 6.07) is 7.67. The SMILES string of the molecule is O=C(NC[C@@H]1CN(C2CC2)CCO1)Nc1ccccc1Cl. The van der Waals surface area contributed by atoms with Gasteiger partial charge >= 0.3 is 6.03 Å². The van der Waals surface area contributed by atoms with Crippen molar-refractivity contribution >= 4 is 23.3 Å². The van der Waals surface area contributed by atoms with Gasteiger partial charge in [-0.2, -0.15) is 0 Å². The maximum absolute atomic E-state index is 11.9. The van der Waals surface area contributed by atoms with Gasteiger partial charge in [-0.15, -0.1) is 0 Å². The first kappa shape index (κ1) is 14.6. The van der Waals surface area contributed by atoms with E-state index in [4.69, 9.17) is 16.3 Å². The number of hydrogen-bond acceptors (Lipinski definition) is 3. The molecule has 1 aliphatic carbocycles. The van der Waals surface area contributed by atoms with Crippen molar-refractivity contribution in [1.82, 2.24) is 10.2 Å². The number of para-hydroxylation sites is 1. The molecule has 3 rings (SSSR count). The zero-order chi connectivity index (χ0) is 14.7. The second kappa shape index (κ2) is 6.64. The number of carbonyl (C=O) groups excluding carboxylic acids is 1. The Bertz CT molecular complexity index is 507. The molecule has 1 heterocycles. The normalized spacial score (nSPS) is 22.8. The van der Waals surface area contributed by atoms with Crippen LogP contribution in [0.3, 0.4) is 0 Å². The van der Waals surface area contributed by atoms with Crippen molar-refractivity contribution in [3.8, 4) is 0 Å². The Morgan fingerprint density at radius 1 is 1.38 bits per heavy atom. The number of nitrogens with zero attached hydrogens (tertiary/aromatic N) is 1. The number of halogens is 1. The Kier molecular flexibility index (Phi) is 4.63. The van der Waals surface area contributed by atoms with Crippen LogP contribution in [0.5, 0.6) is 0 Å². The maximum atomic E-state index is 11.9. The molecule has 1 aromatic rings. The molecule has 0 aromatic heterocycles. The molecule has 114 valence electrons. The van der Waals surface area contributed by atoms with Gasteiger partial charge in [0.15, 0.2) is 0 Å². The number of rotatable bonds is 4. The summed E-state index contributed by atoms with van der Waals surface area (Å²) in [5.74, 6) is 0. The van der Waals surface area contributed by atoms with Crippen molar-refractivity contribution in [1.29, 1.82) is 0 Å². The van der Waals surface area contributed by atoms with E-state index in [0.717, 1.165) is 25.7 Å². The number of hydrogen-bond donors (Lipinski definition) is 2. The van der Waals surface area contributed by atoms with Crippen molar-refractivity contribution in [3.05, 3.63) is 29.3 Å². The van der Waals surface area contributed by atoms with Gasteiger partial charge < -0.3 is 15.4 Å². The summed E-state index contributed by atoms with van der Waals surface area (Å²) in [7, 11) is 0. The quantitative estimate of drug-likeness (QED) is 0.897. The van der Waals surface area contributed by atoms with Crippen molar-refractivity contribution in [2.75, 3.05) is 31.6 Å². The van der Waals surface area contributed by atoms with Crippen LogP contribution >= 0.6 is 11.6 Å². The highest BCUT2D eigenvalue weighted by Gasteiger charge is 2.32. The summed E-state index contributed by atoms with van der Waals surface area (Å²) in [5, 5.41) is 6.12. The molecule has 1 saturated heterocycles. The molecular formula is C15H20ClN3O2. The molecule has 0 radical (unpaired) electrons. The van der Waals surface area contributed by atoms with E-state index in [0.29, 0.717) is 17.3 Å². The van der Waals surface area contributed by atoms with E-state index < -0.39 is 0 Å². The number of nitrogens with one attached hydrogen (secondary N) is 2. The van der Waals surface area contributed by atoms with Crippen LogP contribution in [-0.2, 0) is 4.74 Å². The third-order valence-electron chi connectivity index (χ3n) is 3.85. The lowest BCUT2D eigenvalue weighted by molar-refractivity contribution is -0.0286. The molecular weight excluding hydrogens is 290 g/mol. The molecule has 2 N–H and O–H groups in total. The first-order chi connectivity index (χ1) is 10.2. The van der Waals surface area contributed by atoms with Gasteiger partial charge in [0.05, 0.1) is 23.4 Å². The van der Waals surface area contributed by atoms with Crippen LogP contribution in [-0.4, -0.2) is 49.3 Å². The number of anilines is 1. The van der Waals surface area contributed by atoms with Crippen LogP contribution in [0.15, 0.2) is 24.3 Å². The minimum atomic E-state index is -0.254. The fourth-order valence-electron chi connectivity index (χ4n) is 2.57. The average Bonchev–Trinajstić information content (AvgIpc) is 3.33. The van der Waals surface area contributed by atoms with Gasteiger partial charge in [0, 0.05) is 25.7 Å². The van der Waals surface area contributed by atoms with Gasteiger partial charge in [-0.05, 0) is 25.0 Å². The number of benzene rings is 1. The molecule has 5 nitrogen and oxygen atoms in total. The fourth-order valence-corrected chi connectivity index (χ4v) is 2.76. The largest absolute Gasteiger partial charge is 0.374 e. The number of urea groups is 1. The fraction of sp³-hybridized carbons (Fsp3) is 0.533. The van der Waals surface area contributed by atoms with Gasteiger partial charge in [0.25, 0.3) is 0 Å². The minimum Gasteiger partial charge on any atom is -0.374 e. The molecule has 1 aromatic carbocycles. The third kappa shape index (κ3) is 4.09. The summed E-state index contributed by atoms with van der Waals surface area (Å²) < 4.78 is 5.70. The molecule has 6 heteroatoms. The molecule has 21 heavy (non-hydrogen) atoms. The number of morpholine rings is 1. The van der Waals surface area contributed by atoms with Gasteiger partial charge in [0.1, 0.15) is 0 Å². The first-order valence-electron chi connectivity index (χ1n) is 7.37. The molecule has 2 fully saturated rings. The molecule has 1 saturated carbocycles. The lowest BCUT2D eigenvalue weighted by Gasteiger charge is -2.33. The van der Waals surface area contributed by atoms with E-state index in [1.54, 1.807) is 12.1 Å².